The van der Waals surface area contributed by atoms with Gasteiger partial charge in [-0.2, -0.15) is 10.1 Å². The molecule has 0 atom stereocenters. The van der Waals surface area contributed by atoms with Crippen LogP contribution in [-0.2, 0) is 16.5 Å². The van der Waals surface area contributed by atoms with Crippen molar-refractivity contribution in [3.63, 3.8) is 0 Å². The third kappa shape index (κ3) is 6.98. The van der Waals surface area contributed by atoms with Gasteiger partial charge in [0.1, 0.15) is 17.0 Å². The van der Waals surface area contributed by atoms with Gasteiger partial charge in [-0.15, -0.1) is 0 Å². The fraction of sp³-hybridized carbons (Fsp3) is 0.438. The minimum absolute atomic E-state index is 0.0171. The molecule has 0 bridgehead atoms. The second-order valence-corrected chi connectivity index (χ2v) is 12.2. The van der Waals surface area contributed by atoms with E-state index in [-0.39, 0.29) is 18.6 Å². The average molecular weight is 617 g/mol. The van der Waals surface area contributed by atoms with Gasteiger partial charge in [0.25, 0.3) is 5.91 Å². The van der Waals surface area contributed by atoms with Crippen molar-refractivity contribution < 1.29 is 23.8 Å². The molecule has 13 nitrogen and oxygen atoms in total. The van der Waals surface area contributed by atoms with E-state index in [4.69, 9.17) is 24.2 Å². The molecule has 1 aliphatic rings. The van der Waals surface area contributed by atoms with Gasteiger partial charge in [0.05, 0.1) is 22.9 Å². The minimum atomic E-state index is -0.553. The number of anilines is 1. The molecule has 0 unspecified atom stereocenters. The highest BCUT2D eigenvalue weighted by Crippen LogP contribution is 2.38. The summed E-state index contributed by atoms with van der Waals surface area (Å²) in [5, 5.41) is 6.04. The van der Waals surface area contributed by atoms with Crippen LogP contribution in [0.15, 0.2) is 35.5 Å². The van der Waals surface area contributed by atoms with E-state index in [1.165, 1.54) is 6.34 Å². The summed E-state index contributed by atoms with van der Waals surface area (Å²) in [5.41, 5.74) is 3.30. The van der Waals surface area contributed by atoms with E-state index in [0.29, 0.717) is 54.2 Å². The topological polar surface area (TPSA) is 128 Å². The Labute approximate surface area is 262 Å². The maximum Gasteiger partial charge on any atom is 0.410 e. The highest BCUT2D eigenvalue weighted by Gasteiger charge is 2.27. The zero-order chi connectivity index (χ0) is 32.5. The Morgan fingerprint density at radius 2 is 1.82 bits per heavy atom. The van der Waals surface area contributed by atoms with E-state index >= 15 is 0 Å². The van der Waals surface area contributed by atoms with Crippen molar-refractivity contribution in [2.45, 2.75) is 33.3 Å². The molecule has 45 heavy (non-hydrogen) atoms. The number of hydrogen-bond acceptors (Lipinski definition) is 9. The van der Waals surface area contributed by atoms with Crippen molar-refractivity contribution >= 4 is 45.8 Å². The van der Waals surface area contributed by atoms with E-state index in [1.54, 1.807) is 35.7 Å². The minimum Gasteiger partial charge on any atom is -0.466 e. The molecule has 2 aromatic heterocycles. The smallest absolute Gasteiger partial charge is 0.410 e. The van der Waals surface area contributed by atoms with Crippen LogP contribution in [0, 0.1) is 6.92 Å². The Morgan fingerprint density at radius 1 is 1.09 bits per heavy atom. The molecule has 0 spiro atoms. The quantitative estimate of drug-likeness (QED) is 0.169. The summed E-state index contributed by atoms with van der Waals surface area (Å²) >= 11 is 0. The van der Waals surface area contributed by atoms with Crippen LogP contribution in [-0.4, -0.2) is 108 Å². The summed E-state index contributed by atoms with van der Waals surface area (Å²) in [5.74, 6) is 0.351. The van der Waals surface area contributed by atoms with Crippen molar-refractivity contribution in [3.05, 3.63) is 41.7 Å². The van der Waals surface area contributed by atoms with Crippen molar-refractivity contribution in [1.29, 1.82) is 0 Å². The van der Waals surface area contributed by atoms with Crippen LogP contribution in [0.1, 0.15) is 36.8 Å². The second-order valence-electron chi connectivity index (χ2n) is 12.2. The molecule has 4 aromatic rings. The highest BCUT2D eigenvalue weighted by molar-refractivity contribution is 6.08. The fourth-order valence-electron chi connectivity index (χ4n) is 5.20. The zero-order valence-corrected chi connectivity index (χ0v) is 27.1. The molecule has 0 N–H and O–H groups in total. The Bertz CT molecular complexity index is 1770. The summed E-state index contributed by atoms with van der Waals surface area (Å²) in [7, 11) is 6.99. The van der Waals surface area contributed by atoms with Crippen molar-refractivity contribution in [2.75, 3.05) is 59.1 Å². The predicted octanol–water partition coefficient (Wildman–Crippen LogP) is 4.26. The number of nitrogens with zero attached hydrogens (tertiary/aromatic N) is 8. The standard InChI is InChI=1S/C32H40N8O5/c1-20-26-21(17-38(7)36-26)15-24(28(20)44-19-43-8)29-34-25-10-9-22(16-23(25)27(35-29)30(41)33-18-37(5)6)39-11-13-40(14-12-39)31(42)45-32(2,3)4/h9-10,15-18H,11-14,19H2,1-8H3/b33-18+. The molecular weight excluding hydrogens is 576 g/mol. The van der Waals surface area contributed by atoms with Crippen molar-refractivity contribution in [1.82, 2.24) is 29.5 Å². The number of rotatable bonds is 7. The Balaban J connectivity index is 1.57. The Kier molecular flexibility index (Phi) is 8.91. The van der Waals surface area contributed by atoms with Gasteiger partial charge in [-0.3, -0.25) is 9.48 Å². The van der Waals surface area contributed by atoms with Crippen LogP contribution in [0.2, 0.25) is 0 Å². The SMILES string of the molecule is COCOc1c(-c2nc(C(=O)/N=C/N(C)C)c3cc(N4CCN(C(=O)OC(C)(C)C)CC4)ccc3n2)cc2cn(C)nc2c1C. The third-order valence-corrected chi connectivity index (χ3v) is 7.24. The first-order valence-electron chi connectivity index (χ1n) is 14.7. The molecule has 13 heteroatoms. The lowest BCUT2D eigenvalue weighted by Gasteiger charge is -2.36. The van der Waals surface area contributed by atoms with Crippen LogP contribution >= 0.6 is 0 Å². The monoisotopic (exact) mass is 616 g/mol. The van der Waals surface area contributed by atoms with Crippen molar-refractivity contribution in [2.24, 2.45) is 12.0 Å². The number of benzene rings is 2. The van der Waals surface area contributed by atoms with Gasteiger partial charge in [0, 0.05) is 82.7 Å². The molecule has 1 saturated heterocycles. The van der Waals surface area contributed by atoms with Gasteiger partial charge in [-0.25, -0.2) is 14.8 Å². The molecule has 2 aromatic carbocycles. The molecule has 0 radical (unpaired) electrons. The predicted molar refractivity (Wildman–Crippen MR) is 173 cm³/mol. The lowest BCUT2D eigenvalue weighted by molar-refractivity contribution is 0.0240. The van der Waals surface area contributed by atoms with Crippen LogP contribution in [0.5, 0.6) is 5.75 Å². The van der Waals surface area contributed by atoms with Crippen molar-refractivity contribution in [3.8, 4) is 17.1 Å². The number of methoxy groups -OCH3 is 1. The van der Waals surface area contributed by atoms with Crippen LogP contribution in [0.25, 0.3) is 33.2 Å². The fourth-order valence-corrected chi connectivity index (χ4v) is 5.20. The number of aryl methyl sites for hydroxylation is 2. The van der Waals surface area contributed by atoms with Gasteiger partial charge < -0.3 is 28.9 Å². The maximum absolute atomic E-state index is 13.6. The summed E-state index contributed by atoms with van der Waals surface area (Å²) in [6.07, 6.45) is 3.05. The molecule has 238 valence electrons. The molecule has 1 fully saturated rings. The number of carbonyl (C=O) groups excluding carboxylic acids is 2. The van der Waals surface area contributed by atoms with E-state index < -0.39 is 11.5 Å². The first kappa shape index (κ1) is 31.6. The first-order valence-corrected chi connectivity index (χ1v) is 14.7. The molecule has 5 rings (SSSR count). The van der Waals surface area contributed by atoms with Gasteiger partial charge in [0.15, 0.2) is 12.6 Å². The molecule has 0 aliphatic carbocycles. The third-order valence-electron chi connectivity index (χ3n) is 7.24. The second kappa shape index (κ2) is 12.7. The van der Waals surface area contributed by atoms with Crippen LogP contribution < -0.4 is 9.64 Å². The normalized spacial score (nSPS) is 14.0. The Hall–Kier alpha value is -4.78. The number of ether oxygens (including phenoxy) is 3. The zero-order valence-electron chi connectivity index (χ0n) is 27.1. The van der Waals surface area contributed by atoms with Crippen LogP contribution in [0.3, 0.4) is 0 Å². The number of hydrogen-bond donors (Lipinski definition) is 0. The molecule has 0 saturated carbocycles. The lowest BCUT2D eigenvalue weighted by Crippen LogP contribution is -2.50. The van der Waals surface area contributed by atoms with E-state index in [2.05, 4.69) is 15.0 Å². The number of carbonyl (C=O) groups is 2. The first-order chi connectivity index (χ1) is 21.3. The van der Waals surface area contributed by atoms with Gasteiger partial charge >= 0.3 is 6.09 Å². The van der Waals surface area contributed by atoms with E-state index in [1.807, 2.05) is 65.2 Å². The number of aliphatic imine (C=N–C) groups is 1. The van der Waals surface area contributed by atoms with Gasteiger partial charge in [-0.05, 0) is 52.0 Å². The van der Waals surface area contributed by atoms with Gasteiger partial charge in [0.2, 0.25) is 0 Å². The molecule has 1 aliphatic heterocycles. The summed E-state index contributed by atoms with van der Waals surface area (Å²) in [4.78, 5) is 45.6. The summed E-state index contributed by atoms with van der Waals surface area (Å²) in [6.45, 7) is 9.76. The number of aromatic nitrogens is 4. The highest BCUT2D eigenvalue weighted by atomic mass is 16.7. The van der Waals surface area contributed by atoms with Gasteiger partial charge in [-0.1, -0.05) is 0 Å². The number of fused-ring (bicyclic) bond motifs is 2. The lowest BCUT2D eigenvalue weighted by atomic mass is 10.0. The molecule has 2 amide bonds. The Morgan fingerprint density at radius 3 is 2.49 bits per heavy atom. The summed E-state index contributed by atoms with van der Waals surface area (Å²) in [6, 6.07) is 7.68. The number of piperazine rings is 1. The average Bonchev–Trinajstić information content (AvgIpc) is 3.38. The largest absolute Gasteiger partial charge is 0.466 e. The maximum atomic E-state index is 13.6. The van der Waals surface area contributed by atoms with E-state index in [9.17, 15) is 9.59 Å². The molecular formula is C32H40N8O5. The molecule has 3 heterocycles. The summed E-state index contributed by atoms with van der Waals surface area (Å²) < 4.78 is 18.5. The number of amides is 2. The van der Waals surface area contributed by atoms with Crippen LogP contribution in [0.4, 0.5) is 10.5 Å². The van der Waals surface area contributed by atoms with E-state index in [0.717, 1.165) is 22.2 Å².